The normalized spacial score (nSPS) is 26.0. The lowest BCUT2D eigenvalue weighted by Crippen LogP contribution is -2.59. The van der Waals surface area contributed by atoms with Crippen molar-refractivity contribution in [3.8, 4) is 0 Å². The highest BCUT2D eigenvalue weighted by Gasteiger charge is 2.69. The second kappa shape index (κ2) is 4.89. The smallest absolute Gasteiger partial charge is 0.297 e. The van der Waals surface area contributed by atoms with Gasteiger partial charge >= 0.3 is 0 Å². The third kappa shape index (κ3) is 1.75. The van der Waals surface area contributed by atoms with Gasteiger partial charge < -0.3 is 5.11 Å². The Morgan fingerprint density at radius 3 is 2.26 bits per heavy atom. The summed E-state index contributed by atoms with van der Waals surface area (Å²) in [6.45, 7) is 2.64. The molecule has 2 atom stereocenters. The van der Waals surface area contributed by atoms with Crippen LogP contribution < -0.4 is 4.90 Å². The first-order valence-corrected chi connectivity index (χ1v) is 7.18. The van der Waals surface area contributed by atoms with E-state index in [9.17, 15) is 20.0 Å². The summed E-state index contributed by atoms with van der Waals surface area (Å²) in [5.74, 6) is -0.464. The van der Waals surface area contributed by atoms with Crippen molar-refractivity contribution in [1.82, 2.24) is 0 Å². The van der Waals surface area contributed by atoms with E-state index in [1.165, 1.54) is 13.8 Å². The molecule has 1 aliphatic rings. The van der Waals surface area contributed by atoms with E-state index in [-0.39, 0.29) is 0 Å². The summed E-state index contributed by atoms with van der Waals surface area (Å²) in [5, 5.41) is 23.4. The van der Waals surface area contributed by atoms with Crippen LogP contribution in [0.15, 0.2) is 54.6 Å². The van der Waals surface area contributed by atoms with Crippen LogP contribution in [-0.4, -0.2) is 15.9 Å². The van der Waals surface area contributed by atoms with E-state index in [4.69, 9.17) is 0 Å². The maximum atomic E-state index is 12.3. The molecule has 6 heteroatoms. The van der Waals surface area contributed by atoms with Crippen LogP contribution in [-0.2, 0) is 16.1 Å². The molecular weight excluding hydrogens is 296 g/mol. The summed E-state index contributed by atoms with van der Waals surface area (Å²) >= 11 is 0. The highest BCUT2D eigenvalue weighted by atomic mass is 16.6. The van der Waals surface area contributed by atoms with Crippen molar-refractivity contribution in [3.63, 3.8) is 0 Å². The van der Waals surface area contributed by atoms with Gasteiger partial charge in [-0.1, -0.05) is 42.5 Å². The number of amides is 1. The summed E-state index contributed by atoms with van der Waals surface area (Å²) in [5.41, 5.74) is -3.02. The summed E-state index contributed by atoms with van der Waals surface area (Å²) in [6.07, 6.45) is 0. The van der Waals surface area contributed by atoms with Crippen molar-refractivity contribution in [1.29, 1.82) is 0 Å². The van der Waals surface area contributed by atoms with Gasteiger partial charge in [-0.25, -0.2) is 0 Å². The molecule has 0 aliphatic carbocycles. The minimum absolute atomic E-state index is 0.297. The van der Waals surface area contributed by atoms with Crippen LogP contribution in [0.5, 0.6) is 0 Å². The molecule has 0 fully saturated rings. The zero-order valence-corrected chi connectivity index (χ0v) is 12.8. The molecule has 1 amide bonds. The van der Waals surface area contributed by atoms with Crippen molar-refractivity contribution in [2.45, 2.75) is 25.1 Å². The quantitative estimate of drug-likeness (QED) is 0.681. The summed E-state index contributed by atoms with van der Waals surface area (Å²) in [6, 6.07) is 14.8. The zero-order valence-electron chi connectivity index (χ0n) is 12.8. The molecule has 0 saturated carbocycles. The number of nitro groups is 1. The Kier molecular flexibility index (Phi) is 3.23. The lowest BCUT2D eigenvalue weighted by Gasteiger charge is -2.38. The van der Waals surface area contributed by atoms with Gasteiger partial charge in [0, 0.05) is 24.3 Å². The maximum Gasteiger partial charge on any atom is 0.297 e. The molecule has 0 spiro atoms. The lowest BCUT2D eigenvalue weighted by molar-refractivity contribution is -0.600. The van der Waals surface area contributed by atoms with Crippen molar-refractivity contribution < 1.29 is 14.8 Å². The third-order valence-corrected chi connectivity index (χ3v) is 4.53. The molecule has 23 heavy (non-hydrogen) atoms. The molecule has 118 valence electrons. The van der Waals surface area contributed by atoms with E-state index in [0.717, 1.165) is 4.90 Å². The fraction of sp³-hybridized carbons (Fsp3) is 0.235. The van der Waals surface area contributed by atoms with Crippen molar-refractivity contribution in [2.24, 2.45) is 0 Å². The van der Waals surface area contributed by atoms with Gasteiger partial charge in [0.1, 0.15) is 0 Å². The number of carbonyl (C=O) groups is 1. The van der Waals surface area contributed by atoms with Crippen LogP contribution >= 0.6 is 0 Å². The number of nitrogens with zero attached hydrogens (tertiary/aromatic N) is 2. The van der Waals surface area contributed by atoms with Crippen molar-refractivity contribution in [2.75, 3.05) is 4.90 Å². The van der Waals surface area contributed by atoms with Crippen molar-refractivity contribution in [3.05, 3.63) is 75.8 Å². The number of carbonyl (C=O) groups excluding carboxylic acids is 1. The maximum absolute atomic E-state index is 12.3. The first kappa shape index (κ1) is 15.2. The van der Waals surface area contributed by atoms with Gasteiger partial charge in [0.05, 0.1) is 11.3 Å². The van der Waals surface area contributed by atoms with E-state index in [2.05, 4.69) is 0 Å². The molecule has 6 nitrogen and oxygen atoms in total. The van der Waals surface area contributed by atoms with E-state index in [0.29, 0.717) is 16.8 Å². The molecule has 2 unspecified atom stereocenters. The number of para-hydroxylation sites is 1. The Morgan fingerprint density at radius 2 is 1.70 bits per heavy atom. The minimum atomic E-state index is -2.10. The fourth-order valence-electron chi connectivity index (χ4n) is 3.36. The fourth-order valence-corrected chi connectivity index (χ4v) is 3.36. The van der Waals surface area contributed by atoms with E-state index in [1.54, 1.807) is 54.6 Å². The van der Waals surface area contributed by atoms with E-state index >= 15 is 0 Å². The number of benzene rings is 2. The van der Waals surface area contributed by atoms with Crippen molar-refractivity contribution >= 4 is 11.6 Å². The van der Waals surface area contributed by atoms with Gasteiger partial charge in [-0.05, 0) is 12.1 Å². The molecule has 0 radical (unpaired) electrons. The largest absolute Gasteiger partial charge is 0.361 e. The average Bonchev–Trinajstić information content (AvgIpc) is 2.75. The predicted octanol–water partition coefficient (Wildman–Crippen LogP) is 2.39. The minimum Gasteiger partial charge on any atom is -0.361 e. The molecule has 1 heterocycles. The van der Waals surface area contributed by atoms with Crippen LogP contribution in [0.25, 0.3) is 0 Å². The van der Waals surface area contributed by atoms with Crippen LogP contribution in [0, 0.1) is 10.1 Å². The van der Waals surface area contributed by atoms with Gasteiger partial charge in [0.15, 0.2) is 0 Å². The predicted molar refractivity (Wildman–Crippen MR) is 84.3 cm³/mol. The van der Waals surface area contributed by atoms with Gasteiger partial charge in [-0.2, -0.15) is 0 Å². The molecule has 0 aromatic heterocycles. The van der Waals surface area contributed by atoms with Crippen LogP contribution in [0.4, 0.5) is 5.69 Å². The number of fused-ring (bicyclic) bond motifs is 1. The molecule has 2 aromatic carbocycles. The Morgan fingerprint density at radius 1 is 1.13 bits per heavy atom. The molecule has 1 N–H and O–H groups in total. The zero-order chi connectivity index (χ0) is 16.8. The number of hydrogen-bond acceptors (Lipinski definition) is 4. The number of anilines is 1. The Bertz CT molecular complexity index is 792. The number of hydrogen-bond donors (Lipinski definition) is 1. The Balaban J connectivity index is 2.41. The van der Waals surface area contributed by atoms with Gasteiger partial charge in [0.2, 0.25) is 11.6 Å². The SMILES string of the molecule is CC(=O)N1c2ccccc2C(C)([N+](=O)[O-])C1(O)c1ccccc1. The Hall–Kier alpha value is -2.73. The summed E-state index contributed by atoms with van der Waals surface area (Å²) in [7, 11) is 0. The Labute approximate surface area is 133 Å². The molecule has 1 aliphatic heterocycles. The molecule has 0 bridgehead atoms. The third-order valence-electron chi connectivity index (χ3n) is 4.53. The van der Waals surface area contributed by atoms with E-state index < -0.39 is 22.1 Å². The summed E-state index contributed by atoms with van der Waals surface area (Å²) in [4.78, 5) is 24.8. The monoisotopic (exact) mass is 312 g/mol. The number of aliphatic hydroxyl groups is 1. The standard InChI is InChI=1S/C17H16N2O4/c1-12(20)18-15-11-7-6-10-14(15)16(2,19(22)23)17(18,21)13-8-4-3-5-9-13/h3-11,21H,1-2H3. The molecule has 0 saturated heterocycles. The van der Waals surface area contributed by atoms with E-state index in [1.807, 2.05) is 0 Å². The second-order valence-corrected chi connectivity index (χ2v) is 5.74. The van der Waals surface area contributed by atoms with Gasteiger partial charge in [0.25, 0.3) is 5.54 Å². The topological polar surface area (TPSA) is 83.7 Å². The van der Waals surface area contributed by atoms with Crippen LogP contribution in [0.3, 0.4) is 0 Å². The van der Waals surface area contributed by atoms with Crippen LogP contribution in [0.2, 0.25) is 0 Å². The first-order valence-electron chi connectivity index (χ1n) is 7.18. The molecule has 2 aromatic rings. The molecular formula is C17H16N2O4. The van der Waals surface area contributed by atoms with Gasteiger partial charge in [-0.3, -0.25) is 19.8 Å². The summed E-state index contributed by atoms with van der Waals surface area (Å²) < 4.78 is 0. The highest BCUT2D eigenvalue weighted by Crippen LogP contribution is 2.55. The average molecular weight is 312 g/mol. The van der Waals surface area contributed by atoms with Crippen LogP contribution in [0.1, 0.15) is 25.0 Å². The molecule has 3 rings (SSSR count). The second-order valence-electron chi connectivity index (χ2n) is 5.74. The number of rotatable bonds is 2. The first-order chi connectivity index (χ1) is 10.8. The van der Waals surface area contributed by atoms with Gasteiger partial charge in [-0.15, -0.1) is 0 Å². The highest BCUT2D eigenvalue weighted by molar-refractivity contribution is 5.96. The lowest BCUT2D eigenvalue weighted by atomic mass is 9.81.